The van der Waals surface area contributed by atoms with E-state index in [1.165, 1.54) is 0 Å². The second-order valence-electron chi connectivity index (χ2n) is 8.78. The highest BCUT2D eigenvalue weighted by atomic mass is 35.5. The second kappa shape index (κ2) is 8.19. The van der Waals surface area contributed by atoms with Crippen molar-refractivity contribution < 1.29 is 19.1 Å². The van der Waals surface area contributed by atoms with Crippen molar-refractivity contribution in [1.29, 1.82) is 0 Å². The molecule has 1 heterocycles. The van der Waals surface area contributed by atoms with E-state index in [0.717, 1.165) is 31.2 Å². The van der Waals surface area contributed by atoms with E-state index in [2.05, 4.69) is 5.32 Å². The quantitative estimate of drug-likeness (QED) is 0.796. The molecule has 0 radical (unpaired) electrons. The molecule has 0 spiro atoms. The van der Waals surface area contributed by atoms with Crippen LogP contribution in [0, 0.1) is 0 Å². The molecule has 1 aliphatic heterocycles. The third-order valence-electron chi connectivity index (χ3n) is 5.54. The van der Waals surface area contributed by atoms with Gasteiger partial charge in [0, 0.05) is 22.0 Å². The van der Waals surface area contributed by atoms with Gasteiger partial charge in [0.2, 0.25) is 0 Å². The number of hydrogen-bond acceptors (Lipinski definition) is 4. The van der Waals surface area contributed by atoms with Crippen molar-refractivity contribution in [3.8, 4) is 0 Å². The number of rotatable bonds is 4. The number of nitrogens with one attached hydrogen (secondary N) is 1. The fourth-order valence-electron chi connectivity index (χ4n) is 4.08. The number of carbonyl (C=O) groups is 2. The number of carbonyl (C=O) groups excluding carboxylic acids is 2. The van der Waals surface area contributed by atoms with Crippen molar-refractivity contribution >= 4 is 23.8 Å². The summed E-state index contributed by atoms with van der Waals surface area (Å²) in [5.41, 5.74) is 0.417. The molecule has 154 valence electrons. The Morgan fingerprint density at radius 3 is 2.64 bits per heavy atom. The summed E-state index contributed by atoms with van der Waals surface area (Å²) in [6.45, 7) is 7.15. The Bertz CT molecular complexity index is 723. The third-order valence-corrected chi connectivity index (χ3v) is 5.77. The van der Waals surface area contributed by atoms with Crippen LogP contribution < -0.4 is 5.32 Å². The monoisotopic (exact) mass is 408 g/mol. The Balaban J connectivity index is 1.73. The molecule has 6 nitrogen and oxygen atoms in total. The minimum Gasteiger partial charge on any atom is -0.449 e. The van der Waals surface area contributed by atoms with Crippen LogP contribution in [0.1, 0.15) is 52.0 Å². The average molecular weight is 409 g/mol. The molecule has 2 amide bonds. The lowest BCUT2D eigenvalue weighted by atomic mass is 9.68. The van der Waals surface area contributed by atoms with Gasteiger partial charge < -0.3 is 19.7 Å². The molecule has 1 saturated carbocycles. The zero-order chi connectivity index (χ0) is 20.4. The van der Waals surface area contributed by atoms with Gasteiger partial charge in [0.05, 0.1) is 6.54 Å². The molecule has 1 aromatic carbocycles. The summed E-state index contributed by atoms with van der Waals surface area (Å²) in [4.78, 5) is 26.0. The molecule has 1 saturated heterocycles. The third kappa shape index (κ3) is 4.90. The van der Waals surface area contributed by atoms with Crippen LogP contribution in [0.15, 0.2) is 24.3 Å². The minimum atomic E-state index is -0.417. The van der Waals surface area contributed by atoms with Crippen LogP contribution in [-0.4, -0.2) is 48.4 Å². The summed E-state index contributed by atoms with van der Waals surface area (Å²) in [6.07, 6.45) is 2.66. The van der Waals surface area contributed by atoms with Gasteiger partial charge in [0.1, 0.15) is 13.2 Å². The molecule has 1 N–H and O–H groups in total. The smallest absolute Gasteiger partial charge is 0.410 e. The predicted molar refractivity (Wildman–Crippen MR) is 108 cm³/mol. The zero-order valence-electron chi connectivity index (χ0n) is 16.8. The molecule has 1 aliphatic carbocycles. The van der Waals surface area contributed by atoms with Gasteiger partial charge in [-0.3, -0.25) is 0 Å². The Morgan fingerprint density at radius 1 is 1.36 bits per heavy atom. The molecule has 7 heteroatoms. The van der Waals surface area contributed by atoms with Crippen molar-refractivity contribution in [2.75, 3.05) is 19.8 Å². The highest BCUT2D eigenvalue weighted by Crippen LogP contribution is 2.42. The number of halogens is 1. The van der Waals surface area contributed by atoms with Crippen LogP contribution in [0.2, 0.25) is 5.02 Å². The maximum absolute atomic E-state index is 12.2. The van der Waals surface area contributed by atoms with Crippen molar-refractivity contribution in [2.24, 2.45) is 0 Å². The molecule has 28 heavy (non-hydrogen) atoms. The summed E-state index contributed by atoms with van der Waals surface area (Å²) < 4.78 is 10.7. The van der Waals surface area contributed by atoms with Crippen molar-refractivity contribution in [3.05, 3.63) is 34.9 Å². The first kappa shape index (κ1) is 20.8. The lowest BCUT2D eigenvalue weighted by molar-refractivity contribution is 0.0754. The normalized spacial score (nSPS) is 25.4. The van der Waals surface area contributed by atoms with Crippen LogP contribution in [0.25, 0.3) is 0 Å². The van der Waals surface area contributed by atoms with E-state index in [1.54, 1.807) is 0 Å². The van der Waals surface area contributed by atoms with E-state index < -0.39 is 6.09 Å². The Morgan fingerprint density at radius 2 is 2.07 bits per heavy atom. The summed E-state index contributed by atoms with van der Waals surface area (Å²) in [6, 6.07) is 7.94. The maximum Gasteiger partial charge on any atom is 0.410 e. The fourth-order valence-corrected chi connectivity index (χ4v) is 4.27. The maximum atomic E-state index is 12.2. The lowest BCUT2D eigenvalue weighted by Crippen LogP contribution is -2.46. The zero-order valence-corrected chi connectivity index (χ0v) is 17.6. The van der Waals surface area contributed by atoms with Crippen molar-refractivity contribution in [2.45, 2.75) is 63.5 Å². The summed E-state index contributed by atoms with van der Waals surface area (Å²) >= 11 is 6.24. The first-order valence-electron chi connectivity index (χ1n) is 9.83. The number of benzene rings is 1. The molecule has 2 fully saturated rings. The van der Waals surface area contributed by atoms with Crippen molar-refractivity contribution in [1.82, 2.24) is 10.2 Å². The highest BCUT2D eigenvalue weighted by Gasteiger charge is 2.42. The largest absolute Gasteiger partial charge is 0.449 e. The van der Waals surface area contributed by atoms with E-state index in [-0.39, 0.29) is 29.7 Å². The molecule has 3 rings (SSSR count). The Hall–Kier alpha value is -1.95. The Labute approximate surface area is 171 Å². The van der Waals surface area contributed by atoms with Crippen LogP contribution in [0.5, 0.6) is 0 Å². The van der Waals surface area contributed by atoms with Crippen molar-refractivity contribution in [3.63, 3.8) is 0 Å². The van der Waals surface area contributed by atoms with E-state index >= 15 is 0 Å². The fraction of sp³-hybridized carbons (Fsp3) is 0.619. The van der Waals surface area contributed by atoms with Gasteiger partial charge in [-0.05, 0) is 64.2 Å². The molecule has 1 aromatic rings. The average Bonchev–Trinajstić information content (AvgIpc) is 3.05. The number of alkyl carbamates (subject to hydrolysis) is 1. The first-order valence-corrected chi connectivity index (χ1v) is 10.2. The van der Waals surface area contributed by atoms with Gasteiger partial charge in [0.25, 0.3) is 0 Å². The van der Waals surface area contributed by atoms with Gasteiger partial charge in [-0.15, -0.1) is 0 Å². The van der Waals surface area contributed by atoms with Gasteiger partial charge >= 0.3 is 12.2 Å². The van der Waals surface area contributed by atoms with Crippen LogP contribution in [0.4, 0.5) is 9.59 Å². The number of cyclic esters (lactones) is 1. The topological polar surface area (TPSA) is 67.9 Å². The number of nitrogens with zero attached hydrogens (tertiary/aromatic N) is 1. The molecule has 0 bridgehead atoms. The SMILES string of the molecule is CC(C)(C)NC(=O)OCC1(c2cccc(Cl)c2)CCC(N2CCOC2=O)CC1. The van der Waals surface area contributed by atoms with Gasteiger partial charge in [-0.1, -0.05) is 23.7 Å². The van der Waals surface area contributed by atoms with E-state index in [4.69, 9.17) is 21.1 Å². The van der Waals surface area contributed by atoms with E-state index in [0.29, 0.717) is 18.2 Å². The second-order valence-corrected chi connectivity index (χ2v) is 9.22. The van der Waals surface area contributed by atoms with Crippen LogP contribution in [-0.2, 0) is 14.9 Å². The standard InChI is InChI=1S/C21H29ClN2O4/c1-20(2,3)23-18(25)28-14-21(15-5-4-6-16(22)13-15)9-7-17(8-10-21)24-11-12-27-19(24)26/h4-6,13,17H,7-12,14H2,1-3H3,(H,23,25). The highest BCUT2D eigenvalue weighted by molar-refractivity contribution is 6.30. The molecular weight excluding hydrogens is 380 g/mol. The summed E-state index contributed by atoms with van der Waals surface area (Å²) in [7, 11) is 0. The van der Waals surface area contributed by atoms with E-state index in [9.17, 15) is 9.59 Å². The Kier molecular flexibility index (Phi) is 6.08. The van der Waals surface area contributed by atoms with E-state index in [1.807, 2.05) is 49.9 Å². The van der Waals surface area contributed by atoms with Crippen LogP contribution in [0.3, 0.4) is 0 Å². The summed E-state index contributed by atoms with van der Waals surface area (Å²) in [5.74, 6) is 0. The number of hydrogen-bond donors (Lipinski definition) is 1. The molecule has 2 aliphatic rings. The summed E-state index contributed by atoms with van der Waals surface area (Å²) in [5, 5.41) is 3.51. The van der Waals surface area contributed by atoms with Gasteiger partial charge in [0.15, 0.2) is 0 Å². The van der Waals surface area contributed by atoms with Gasteiger partial charge in [-0.2, -0.15) is 0 Å². The predicted octanol–water partition coefficient (Wildman–Crippen LogP) is 4.50. The molecular formula is C21H29ClN2O4. The minimum absolute atomic E-state index is 0.172. The number of amides is 2. The van der Waals surface area contributed by atoms with Gasteiger partial charge in [-0.25, -0.2) is 9.59 Å². The molecule has 0 unspecified atom stereocenters. The molecule has 0 aromatic heterocycles. The number of ether oxygens (including phenoxy) is 2. The first-order chi connectivity index (χ1) is 13.2. The molecule has 0 atom stereocenters. The lowest BCUT2D eigenvalue weighted by Gasteiger charge is -2.42. The van der Waals surface area contributed by atoms with Crippen LogP contribution >= 0.6 is 11.6 Å².